The highest BCUT2D eigenvalue weighted by atomic mass is 35.5. The van der Waals surface area contributed by atoms with Crippen molar-refractivity contribution < 1.29 is 18.0 Å². The number of halogens is 4. The van der Waals surface area contributed by atoms with E-state index in [4.69, 9.17) is 11.6 Å². The second-order valence-corrected chi connectivity index (χ2v) is 3.97. The van der Waals surface area contributed by atoms with Crippen molar-refractivity contribution in [3.63, 3.8) is 0 Å². The maximum atomic E-state index is 13.7. The van der Waals surface area contributed by atoms with Crippen molar-refractivity contribution in [2.75, 3.05) is 0 Å². The third-order valence-electron chi connectivity index (χ3n) is 2.46. The topological polar surface area (TPSA) is 17.1 Å². The van der Waals surface area contributed by atoms with Crippen molar-refractivity contribution in [3.8, 4) is 11.1 Å². The number of aldehydes is 1. The summed E-state index contributed by atoms with van der Waals surface area (Å²) in [6.45, 7) is 0. The fourth-order valence-electron chi connectivity index (χ4n) is 1.62. The van der Waals surface area contributed by atoms with Gasteiger partial charge in [-0.1, -0.05) is 11.6 Å². The molecule has 5 heteroatoms. The lowest BCUT2D eigenvalue weighted by atomic mass is 9.99. The summed E-state index contributed by atoms with van der Waals surface area (Å²) in [5.74, 6) is -3.00. The Morgan fingerprint density at radius 3 is 2.44 bits per heavy atom. The average Bonchev–Trinajstić information content (AvgIpc) is 2.35. The van der Waals surface area contributed by atoms with Crippen LogP contribution in [0.3, 0.4) is 0 Å². The van der Waals surface area contributed by atoms with Gasteiger partial charge in [-0.15, -0.1) is 0 Å². The predicted octanol–water partition coefficient (Wildman–Crippen LogP) is 4.24. The molecule has 0 aliphatic carbocycles. The third-order valence-corrected chi connectivity index (χ3v) is 2.77. The van der Waals surface area contributed by atoms with Crippen molar-refractivity contribution in [3.05, 3.63) is 58.4 Å². The Kier molecular flexibility index (Phi) is 3.39. The normalized spacial score (nSPS) is 10.4. The molecule has 0 aliphatic rings. The van der Waals surface area contributed by atoms with Crippen LogP contribution in [0.5, 0.6) is 0 Å². The summed E-state index contributed by atoms with van der Waals surface area (Å²) in [4.78, 5) is 10.8. The van der Waals surface area contributed by atoms with Crippen molar-refractivity contribution >= 4 is 17.9 Å². The number of carbonyl (C=O) groups is 1. The molecular weight excluding hydrogens is 265 g/mol. The van der Waals surface area contributed by atoms with Gasteiger partial charge in [0.15, 0.2) is 17.9 Å². The Balaban J connectivity index is 2.80. The number of hydrogen-bond donors (Lipinski definition) is 0. The highest BCUT2D eigenvalue weighted by Crippen LogP contribution is 2.34. The highest BCUT2D eigenvalue weighted by Gasteiger charge is 2.17. The van der Waals surface area contributed by atoms with Crippen LogP contribution in [0.1, 0.15) is 10.4 Å². The Morgan fingerprint density at radius 2 is 1.78 bits per heavy atom. The van der Waals surface area contributed by atoms with Crippen LogP contribution < -0.4 is 0 Å². The monoisotopic (exact) mass is 270 g/mol. The van der Waals surface area contributed by atoms with E-state index < -0.39 is 17.5 Å². The second-order valence-electron chi connectivity index (χ2n) is 3.57. The van der Waals surface area contributed by atoms with Gasteiger partial charge in [0, 0.05) is 11.1 Å². The molecule has 0 unspecified atom stereocenters. The zero-order valence-corrected chi connectivity index (χ0v) is 9.64. The number of rotatable bonds is 2. The largest absolute Gasteiger partial charge is 0.298 e. The molecule has 0 fully saturated rings. The van der Waals surface area contributed by atoms with E-state index in [1.54, 1.807) is 0 Å². The zero-order valence-electron chi connectivity index (χ0n) is 8.88. The average molecular weight is 271 g/mol. The summed E-state index contributed by atoms with van der Waals surface area (Å²) in [6, 6.07) is 5.18. The molecule has 0 aliphatic heterocycles. The molecule has 2 aromatic rings. The summed E-state index contributed by atoms with van der Waals surface area (Å²) in [6.07, 6.45) is 0.426. The maximum Gasteiger partial charge on any atom is 0.168 e. The van der Waals surface area contributed by atoms with Crippen molar-refractivity contribution in [1.82, 2.24) is 0 Å². The smallest absolute Gasteiger partial charge is 0.168 e. The molecule has 0 atom stereocenters. The van der Waals surface area contributed by atoms with Crippen molar-refractivity contribution in [1.29, 1.82) is 0 Å². The summed E-state index contributed by atoms with van der Waals surface area (Å²) in [5, 5.41) is -0.0948. The van der Waals surface area contributed by atoms with Gasteiger partial charge >= 0.3 is 0 Å². The van der Waals surface area contributed by atoms with Crippen LogP contribution in [-0.4, -0.2) is 6.29 Å². The molecule has 0 N–H and O–H groups in total. The van der Waals surface area contributed by atoms with Gasteiger partial charge in [0.25, 0.3) is 0 Å². The minimum absolute atomic E-state index is 0.0304. The van der Waals surface area contributed by atoms with Gasteiger partial charge in [0.2, 0.25) is 0 Å². The van der Waals surface area contributed by atoms with Crippen molar-refractivity contribution in [2.24, 2.45) is 0 Å². The molecule has 2 rings (SSSR count). The molecule has 1 nitrogen and oxygen atoms in total. The molecule has 2 aromatic carbocycles. The first-order chi connectivity index (χ1) is 8.54. The molecule has 0 aromatic heterocycles. The highest BCUT2D eigenvalue weighted by molar-refractivity contribution is 6.33. The fraction of sp³-hybridized carbons (Fsp3) is 0. The van der Waals surface area contributed by atoms with Gasteiger partial charge in [0.1, 0.15) is 5.82 Å². The molecule has 0 bridgehead atoms. The van der Waals surface area contributed by atoms with Crippen LogP contribution in [0, 0.1) is 17.5 Å². The quantitative estimate of drug-likeness (QED) is 0.589. The molecule has 18 heavy (non-hydrogen) atoms. The standard InChI is InChI=1S/C13H6ClF3O/c14-10-3-4-11(16)13(17)12(10)9-5-8(15)2-1-7(9)6-18/h1-6H. The molecule has 0 amide bonds. The Morgan fingerprint density at radius 1 is 1.06 bits per heavy atom. The van der Waals surface area contributed by atoms with Gasteiger partial charge in [-0.05, 0) is 35.9 Å². The third kappa shape index (κ3) is 2.11. The lowest BCUT2D eigenvalue weighted by molar-refractivity contribution is 0.112. The Hall–Kier alpha value is -1.81. The van der Waals surface area contributed by atoms with E-state index in [1.165, 1.54) is 6.07 Å². The molecule has 0 radical (unpaired) electrons. The van der Waals surface area contributed by atoms with Crippen LogP contribution in [0.15, 0.2) is 30.3 Å². The summed E-state index contributed by atoms with van der Waals surface area (Å²) in [7, 11) is 0. The Bertz CT molecular complexity index is 626. The fourth-order valence-corrected chi connectivity index (χ4v) is 1.87. The first-order valence-corrected chi connectivity index (χ1v) is 5.31. The predicted molar refractivity (Wildman–Crippen MR) is 62.1 cm³/mol. The summed E-state index contributed by atoms with van der Waals surface area (Å²) >= 11 is 5.77. The second kappa shape index (κ2) is 4.82. The first-order valence-electron chi connectivity index (χ1n) is 4.93. The van der Waals surface area contributed by atoms with Gasteiger partial charge < -0.3 is 0 Å². The van der Waals surface area contributed by atoms with Gasteiger partial charge in [-0.2, -0.15) is 0 Å². The lowest BCUT2D eigenvalue weighted by Crippen LogP contribution is -1.95. The molecule has 0 spiro atoms. The van der Waals surface area contributed by atoms with Crippen LogP contribution in [-0.2, 0) is 0 Å². The molecule has 0 saturated carbocycles. The van der Waals surface area contributed by atoms with E-state index >= 15 is 0 Å². The van der Waals surface area contributed by atoms with E-state index in [2.05, 4.69) is 0 Å². The molecule has 0 saturated heterocycles. The lowest BCUT2D eigenvalue weighted by Gasteiger charge is -2.09. The minimum atomic E-state index is -1.21. The van der Waals surface area contributed by atoms with Crippen LogP contribution in [0.2, 0.25) is 5.02 Å². The Labute approximate surface area is 106 Å². The maximum absolute atomic E-state index is 13.7. The van der Waals surface area contributed by atoms with E-state index in [1.807, 2.05) is 0 Å². The van der Waals surface area contributed by atoms with E-state index in [9.17, 15) is 18.0 Å². The molecule has 0 heterocycles. The van der Waals surface area contributed by atoms with E-state index in [0.29, 0.717) is 6.29 Å². The zero-order chi connectivity index (χ0) is 13.3. The summed E-state index contributed by atoms with van der Waals surface area (Å²) in [5.41, 5.74) is -0.368. The van der Waals surface area contributed by atoms with Gasteiger partial charge in [-0.3, -0.25) is 4.79 Å². The molecule has 92 valence electrons. The first kappa shape index (κ1) is 12.6. The van der Waals surface area contributed by atoms with Crippen molar-refractivity contribution in [2.45, 2.75) is 0 Å². The van der Waals surface area contributed by atoms with Gasteiger partial charge in [0.05, 0.1) is 5.02 Å². The number of hydrogen-bond acceptors (Lipinski definition) is 1. The number of carbonyl (C=O) groups excluding carboxylic acids is 1. The van der Waals surface area contributed by atoms with Crippen LogP contribution in [0.25, 0.3) is 11.1 Å². The van der Waals surface area contributed by atoms with E-state index in [-0.39, 0.29) is 21.7 Å². The number of benzene rings is 2. The van der Waals surface area contributed by atoms with Crippen LogP contribution >= 0.6 is 11.6 Å². The summed E-state index contributed by atoms with van der Waals surface area (Å²) < 4.78 is 40.0. The minimum Gasteiger partial charge on any atom is -0.298 e. The SMILES string of the molecule is O=Cc1ccc(F)cc1-c1c(Cl)ccc(F)c1F. The van der Waals surface area contributed by atoms with E-state index in [0.717, 1.165) is 24.3 Å². The molecular formula is C13H6ClF3O. The van der Waals surface area contributed by atoms with Gasteiger partial charge in [-0.25, -0.2) is 13.2 Å². The van der Waals surface area contributed by atoms with Crippen LogP contribution in [0.4, 0.5) is 13.2 Å².